The third kappa shape index (κ3) is 11.0. The van der Waals surface area contributed by atoms with Crippen molar-refractivity contribution < 1.29 is 9.94 Å². The predicted octanol–water partition coefficient (Wildman–Crippen LogP) is 6.44. The number of hydrogen-bond acceptors (Lipinski definition) is 3. The fraction of sp³-hybridized carbons (Fsp3) is 0.700. The second-order valence-electron chi connectivity index (χ2n) is 6.36. The highest BCUT2D eigenvalue weighted by molar-refractivity contribution is 5.53. The molecule has 1 rings (SSSR count). The van der Waals surface area contributed by atoms with Crippen molar-refractivity contribution in [3.05, 3.63) is 24.3 Å². The largest absolute Gasteiger partial charge is 0.506 e. The third-order valence-corrected chi connectivity index (χ3v) is 4.19. The van der Waals surface area contributed by atoms with Gasteiger partial charge in [-0.15, -0.1) is 0 Å². The van der Waals surface area contributed by atoms with Gasteiger partial charge in [0.2, 0.25) is 0 Å². The molecule has 1 aromatic carbocycles. The van der Waals surface area contributed by atoms with Crippen LogP contribution in [0.15, 0.2) is 24.3 Å². The summed E-state index contributed by atoms with van der Waals surface area (Å²) in [4.78, 5) is 5.38. The first-order valence-corrected chi connectivity index (χ1v) is 9.50. The molecule has 0 spiro atoms. The summed E-state index contributed by atoms with van der Waals surface area (Å²) >= 11 is 0. The molecule has 3 nitrogen and oxygen atoms in total. The highest BCUT2D eigenvalue weighted by Gasteiger charge is 1.98. The van der Waals surface area contributed by atoms with Crippen molar-refractivity contribution in [1.82, 2.24) is 0 Å². The molecule has 0 fully saturated rings. The third-order valence-electron chi connectivity index (χ3n) is 4.19. The van der Waals surface area contributed by atoms with Crippen molar-refractivity contribution in [2.75, 3.05) is 12.1 Å². The van der Waals surface area contributed by atoms with Gasteiger partial charge in [0.25, 0.3) is 0 Å². The van der Waals surface area contributed by atoms with Crippen LogP contribution in [0.25, 0.3) is 0 Å². The van der Waals surface area contributed by atoms with E-state index in [2.05, 4.69) is 12.4 Å². The second-order valence-corrected chi connectivity index (χ2v) is 6.36. The second kappa shape index (κ2) is 14.4. The van der Waals surface area contributed by atoms with E-state index in [1.807, 2.05) is 6.07 Å². The van der Waals surface area contributed by atoms with E-state index in [0.29, 0.717) is 12.3 Å². The Bertz CT molecular complexity index is 382. The summed E-state index contributed by atoms with van der Waals surface area (Å²) in [5.41, 5.74) is 3.43. The van der Waals surface area contributed by atoms with Gasteiger partial charge in [0.1, 0.15) is 11.4 Å². The normalized spacial score (nSPS) is 10.8. The molecule has 0 unspecified atom stereocenters. The monoisotopic (exact) mass is 321 g/mol. The zero-order chi connectivity index (χ0) is 16.6. The molecule has 132 valence electrons. The minimum absolute atomic E-state index is 0.224. The molecule has 0 aromatic heterocycles. The molecule has 0 aliphatic heterocycles. The molecule has 0 bridgehead atoms. The summed E-state index contributed by atoms with van der Waals surface area (Å²) in [7, 11) is 0. The minimum atomic E-state index is 0.224. The van der Waals surface area contributed by atoms with E-state index in [0.717, 1.165) is 6.42 Å². The van der Waals surface area contributed by atoms with Gasteiger partial charge in [-0.05, 0) is 18.6 Å². The van der Waals surface area contributed by atoms with Gasteiger partial charge < -0.3 is 5.11 Å². The highest BCUT2D eigenvalue weighted by Crippen LogP contribution is 2.21. The van der Waals surface area contributed by atoms with Crippen molar-refractivity contribution in [3.8, 4) is 5.75 Å². The van der Waals surface area contributed by atoms with Crippen LogP contribution < -0.4 is 5.48 Å². The van der Waals surface area contributed by atoms with Crippen LogP contribution in [0.2, 0.25) is 0 Å². The van der Waals surface area contributed by atoms with Crippen molar-refractivity contribution >= 4 is 5.69 Å². The van der Waals surface area contributed by atoms with E-state index in [1.54, 1.807) is 18.2 Å². The molecule has 23 heavy (non-hydrogen) atoms. The number of unbranched alkanes of at least 4 members (excludes halogenated alkanes) is 11. The van der Waals surface area contributed by atoms with Crippen LogP contribution in [0.3, 0.4) is 0 Å². The number of anilines is 1. The Kier molecular flexibility index (Phi) is 12.4. The van der Waals surface area contributed by atoms with Crippen LogP contribution in [-0.4, -0.2) is 11.7 Å². The summed E-state index contributed by atoms with van der Waals surface area (Å²) in [6.07, 6.45) is 16.1. The van der Waals surface area contributed by atoms with Crippen LogP contribution in [0.1, 0.15) is 84.0 Å². The summed E-state index contributed by atoms with van der Waals surface area (Å²) in [5, 5.41) is 9.57. The number of phenolic OH excluding ortho intramolecular Hbond substituents is 1. The number of rotatable bonds is 15. The Morgan fingerprint density at radius 3 is 1.87 bits per heavy atom. The number of nitrogens with one attached hydrogen (secondary N) is 1. The smallest absolute Gasteiger partial charge is 0.140 e. The van der Waals surface area contributed by atoms with Gasteiger partial charge >= 0.3 is 0 Å². The van der Waals surface area contributed by atoms with Crippen LogP contribution >= 0.6 is 0 Å². The maximum Gasteiger partial charge on any atom is 0.140 e. The molecule has 0 radical (unpaired) electrons. The average Bonchev–Trinajstić information content (AvgIpc) is 2.57. The van der Waals surface area contributed by atoms with E-state index >= 15 is 0 Å². The molecular weight excluding hydrogens is 286 g/mol. The van der Waals surface area contributed by atoms with E-state index in [9.17, 15) is 5.11 Å². The van der Waals surface area contributed by atoms with E-state index in [-0.39, 0.29) is 5.75 Å². The predicted molar refractivity (Wildman–Crippen MR) is 98.8 cm³/mol. The summed E-state index contributed by atoms with van der Waals surface area (Å²) in [6, 6.07) is 7.12. The lowest BCUT2D eigenvalue weighted by Crippen LogP contribution is -2.03. The van der Waals surface area contributed by atoms with Gasteiger partial charge in [-0.2, -0.15) is 0 Å². The molecular formula is C20H35NO2. The maximum absolute atomic E-state index is 9.57. The highest BCUT2D eigenvalue weighted by atomic mass is 16.6. The van der Waals surface area contributed by atoms with Gasteiger partial charge in [-0.1, -0.05) is 89.7 Å². The zero-order valence-corrected chi connectivity index (χ0v) is 14.9. The molecule has 1 aromatic rings. The Morgan fingerprint density at radius 1 is 0.783 bits per heavy atom. The van der Waals surface area contributed by atoms with Gasteiger partial charge in [-0.3, -0.25) is 10.3 Å². The van der Waals surface area contributed by atoms with Crippen molar-refractivity contribution in [3.63, 3.8) is 0 Å². The lowest BCUT2D eigenvalue weighted by atomic mass is 10.1. The molecule has 0 atom stereocenters. The molecule has 3 heteroatoms. The topological polar surface area (TPSA) is 41.5 Å². The van der Waals surface area contributed by atoms with Crippen LogP contribution in [0.4, 0.5) is 5.69 Å². The zero-order valence-electron chi connectivity index (χ0n) is 14.9. The summed E-state index contributed by atoms with van der Waals surface area (Å²) in [6.45, 7) is 2.96. The van der Waals surface area contributed by atoms with Crippen molar-refractivity contribution in [1.29, 1.82) is 0 Å². The lowest BCUT2D eigenvalue weighted by molar-refractivity contribution is 0.186. The van der Waals surface area contributed by atoms with Gasteiger partial charge in [0, 0.05) is 0 Å². The van der Waals surface area contributed by atoms with Crippen LogP contribution in [0.5, 0.6) is 5.75 Å². The minimum Gasteiger partial charge on any atom is -0.506 e. The summed E-state index contributed by atoms with van der Waals surface area (Å²) in [5.74, 6) is 0.224. The Morgan fingerprint density at radius 2 is 1.30 bits per heavy atom. The molecule has 0 heterocycles. The average molecular weight is 322 g/mol. The molecule has 0 amide bonds. The Balaban J connectivity index is 1.79. The Hall–Kier alpha value is -1.22. The molecule has 0 aliphatic carbocycles. The first kappa shape index (κ1) is 19.8. The molecule has 0 saturated heterocycles. The van der Waals surface area contributed by atoms with E-state index < -0.39 is 0 Å². The lowest BCUT2D eigenvalue weighted by Gasteiger charge is -2.08. The number of aromatic hydroxyl groups is 1. The van der Waals surface area contributed by atoms with Crippen LogP contribution in [0, 0.1) is 0 Å². The maximum atomic E-state index is 9.57. The van der Waals surface area contributed by atoms with Crippen molar-refractivity contribution in [2.45, 2.75) is 84.0 Å². The number of phenols is 1. The van der Waals surface area contributed by atoms with Gasteiger partial charge in [0.05, 0.1) is 6.61 Å². The molecule has 0 saturated carbocycles. The number of para-hydroxylation sites is 2. The van der Waals surface area contributed by atoms with Gasteiger partial charge in [0.15, 0.2) is 0 Å². The van der Waals surface area contributed by atoms with Gasteiger partial charge in [-0.25, -0.2) is 0 Å². The molecule has 0 aliphatic rings. The number of hydrogen-bond donors (Lipinski definition) is 2. The molecule has 2 N–H and O–H groups in total. The first-order chi connectivity index (χ1) is 11.3. The fourth-order valence-corrected chi connectivity index (χ4v) is 2.70. The Labute approximate surface area is 142 Å². The quantitative estimate of drug-likeness (QED) is 0.222. The fourth-order valence-electron chi connectivity index (χ4n) is 2.70. The first-order valence-electron chi connectivity index (χ1n) is 9.50. The standard InChI is InChI=1S/C20H35NO2/c1-2-3-4-5-6-7-8-9-10-11-12-15-18-23-21-19-16-13-14-17-20(19)22/h13-14,16-17,21-22H,2-12,15,18H2,1H3. The van der Waals surface area contributed by atoms with Crippen LogP contribution in [-0.2, 0) is 4.84 Å². The summed E-state index contributed by atoms with van der Waals surface area (Å²) < 4.78 is 0. The number of benzene rings is 1. The van der Waals surface area contributed by atoms with E-state index in [1.165, 1.54) is 70.6 Å². The SMILES string of the molecule is CCCCCCCCCCCCCCONc1ccccc1O. The van der Waals surface area contributed by atoms with Crippen molar-refractivity contribution in [2.24, 2.45) is 0 Å². The van der Waals surface area contributed by atoms with E-state index in [4.69, 9.17) is 4.84 Å².